The third kappa shape index (κ3) is 2.87. The van der Waals surface area contributed by atoms with Crippen molar-refractivity contribution in [3.05, 3.63) is 40.2 Å². The molecule has 28 heavy (non-hydrogen) atoms. The number of fused-ring (bicyclic) bond motifs is 1. The van der Waals surface area contributed by atoms with Gasteiger partial charge < -0.3 is 25.8 Å². The smallest absolute Gasteiger partial charge is 0.280 e. The molecule has 3 heterocycles. The van der Waals surface area contributed by atoms with Crippen molar-refractivity contribution in [3.63, 3.8) is 0 Å². The number of benzene rings is 1. The van der Waals surface area contributed by atoms with Crippen molar-refractivity contribution < 1.29 is 20.1 Å². The molecule has 10 nitrogen and oxygen atoms in total. The first-order valence-electron chi connectivity index (χ1n) is 8.94. The van der Waals surface area contributed by atoms with Crippen molar-refractivity contribution in [2.75, 3.05) is 12.3 Å². The number of hydrogen-bond acceptors (Lipinski definition) is 8. The number of anilines is 1. The summed E-state index contributed by atoms with van der Waals surface area (Å²) in [6, 6.07) is 7.55. The average molecular weight is 387 g/mol. The Morgan fingerprint density at radius 2 is 1.93 bits per heavy atom. The number of aryl methyl sites for hydroxylation is 1. The monoisotopic (exact) mass is 387 g/mol. The number of ether oxygens (including phenoxy) is 1. The Morgan fingerprint density at radius 1 is 1.21 bits per heavy atom. The normalized spacial score (nSPS) is 24.9. The molecule has 1 aliphatic rings. The summed E-state index contributed by atoms with van der Waals surface area (Å²) in [6.45, 7) is 1.56. The van der Waals surface area contributed by atoms with Crippen LogP contribution in [0.2, 0.25) is 0 Å². The van der Waals surface area contributed by atoms with Crippen LogP contribution in [0.3, 0.4) is 0 Å². The van der Waals surface area contributed by atoms with E-state index in [0.29, 0.717) is 11.4 Å². The number of aliphatic hydroxyl groups is 3. The van der Waals surface area contributed by atoms with E-state index in [2.05, 4.69) is 15.0 Å². The van der Waals surface area contributed by atoms with Crippen LogP contribution in [0.1, 0.15) is 18.7 Å². The van der Waals surface area contributed by atoms with Gasteiger partial charge in [-0.1, -0.05) is 31.2 Å². The predicted octanol–water partition coefficient (Wildman–Crippen LogP) is -0.457. The summed E-state index contributed by atoms with van der Waals surface area (Å²) < 4.78 is 7.09. The Kier molecular flexibility index (Phi) is 4.63. The van der Waals surface area contributed by atoms with Gasteiger partial charge in [0.05, 0.1) is 6.61 Å². The van der Waals surface area contributed by atoms with Crippen LogP contribution in [0.5, 0.6) is 0 Å². The fourth-order valence-electron chi connectivity index (χ4n) is 3.43. The van der Waals surface area contributed by atoms with Crippen LogP contribution in [0.4, 0.5) is 5.95 Å². The lowest BCUT2D eigenvalue weighted by Gasteiger charge is -2.19. The lowest BCUT2D eigenvalue weighted by atomic mass is 10.1. The molecule has 1 saturated heterocycles. The van der Waals surface area contributed by atoms with E-state index >= 15 is 0 Å². The number of nitrogens with two attached hydrogens (primary N) is 1. The molecule has 0 saturated carbocycles. The van der Waals surface area contributed by atoms with Gasteiger partial charge in [-0.25, -0.2) is 4.98 Å². The predicted molar refractivity (Wildman–Crippen MR) is 100 cm³/mol. The molecule has 6 N–H and O–H groups in total. The molecule has 0 bridgehead atoms. The molecular formula is C18H21N5O5. The van der Waals surface area contributed by atoms with Crippen LogP contribution >= 0.6 is 0 Å². The lowest BCUT2D eigenvalue weighted by Crippen LogP contribution is -2.33. The lowest BCUT2D eigenvalue weighted by molar-refractivity contribution is -0.0503. The maximum absolute atomic E-state index is 12.3. The maximum Gasteiger partial charge on any atom is 0.280 e. The van der Waals surface area contributed by atoms with Crippen LogP contribution in [-0.2, 0) is 11.2 Å². The number of nitrogens with zero attached hydrogens (tertiary/aromatic N) is 3. The first-order valence-corrected chi connectivity index (χ1v) is 8.94. The summed E-state index contributed by atoms with van der Waals surface area (Å²) in [5.41, 5.74) is 7.11. The van der Waals surface area contributed by atoms with Gasteiger partial charge in [-0.15, -0.1) is 0 Å². The van der Waals surface area contributed by atoms with E-state index in [1.807, 2.05) is 31.2 Å². The topological polar surface area (TPSA) is 160 Å². The van der Waals surface area contributed by atoms with Crippen LogP contribution < -0.4 is 11.3 Å². The van der Waals surface area contributed by atoms with Crippen LogP contribution in [0, 0.1) is 0 Å². The number of hydrogen-bond donors (Lipinski definition) is 5. The second kappa shape index (κ2) is 6.99. The van der Waals surface area contributed by atoms with Crippen LogP contribution in [-0.4, -0.2) is 59.8 Å². The Balaban J connectivity index is 1.95. The Bertz CT molecular complexity index is 1060. The highest BCUT2D eigenvalue weighted by atomic mass is 16.6. The summed E-state index contributed by atoms with van der Waals surface area (Å²) in [5, 5.41) is 30.1. The van der Waals surface area contributed by atoms with E-state index in [0.717, 1.165) is 12.0 Å². The minimum Gasteiger partial charge on any atom is -0.394 e. The first-order chi connectivity index (χ1) is 13.4. The number of imidazole rings is 1. The Hall–Kier alpha value is -2.79. The van der Waals surface area contributed by atoms with E-state index in [4.69, 9.17) is 10.5 Å². The molecule has 4 rings (SSSR count). The van der Waals surface area contributed by atoms with E-state index in [1.165, 1.54) is 4.57 Å². The van der Waals surface area contributed by atoms with Crippen molar-refractivity contribution in [2.45, 2.75) is 37.9 Å². The summed E-state index contributed by atoms with van der Waals surface area (Å²) in [5.74, 6) is 0.217. The number of rotatable bonds is 4. The maximum atomic E-state index is 12.3. The van der Waals surface area contributed by atoms with Crippen molar-refractivity contribution in [1.29, 1.82) is 0 Å². The highest BCUT2D eigenvalue weighted by Crippen LogP contribution is 2.35. The quantitative estimate of drug-likeness (QED) is 0.402. The SMILES string of the molecule is CCc1ccc(-c2nc3c(=O)[nH]c(N)nc3n2[C@@H]2O[C@H](CO)[C@@H](O)[C@H]2O)cc1. The molecule has 4 atom stereocenters. The summed E-state index contributed by atoms with van der Waals surface area (Å²) in [6.07, 6.45) is -3.88. The highest BCUT2D eigenvalue weighted by molar-refractivity contribution is 5.77. The molecule has 10 heteroatoms. The van der Waals surface area contributed by atoms with E-state index in [-0.39, 0.29) is 17.1 Å². The molecule has 2 aromatic heterocycles. The van der Waals surface area contributed by atoms with E-state index < -0.39 is 36.7 Å². The average Bonchev–Trinajstić information content (AvgIpc) is 3.20. The second-order valence-corrected chi connectivity index (χ2v) is 6.71. The molecule has 1 aromatic carbocycles. The molecule has 0 radical (unpaired) electrons. The third-order valence-electron chi connectivity index (χ3n) is 4.96. The summed E-state index contributed by atoms with van der Waals surface area (Å²) >= 11 is 0. The molecule has 3 aromatic rings. The summed E-state index contributed by atoms with van der Waals surface area (Å²) in [7, 11) is 0. The van der Waals surface area contributed by atoms with Gasteiger partial charge in [0.15, 0.2) is 17.4 Å². The Labute approximate surface area is 159 Å². The number of nitrogens with one attached hydrogen (secondary N) is 1. The zero-order valence-electron chi connectivity index (χ0n) is 15.1. The molecule has 1 aliphatic heterocycles. The zero-order valence-corrected chi connectivity index (χ0v) is 15.1. The molecule has 148 valence electrons. The Morgan fingerprint density at radius 3 is 2.54 bits per heavy atom. The zero-order chi connectivity index (χ0) is 20.0. The molecule has 1 fully saturated rings. The standard InChI is InChI=1S/C18H21N5O5/c1-2-8-3-5-9(6-4-8)14-20-11-15(21-18(19)22-16(11)27)23(14)17-13(26)12(25)10(7-24)28-17/h3-6,10,12-13,17,24-26H,2,7H2,1H3,(H3,19,21,22,27)/t10-,12-,13-,17-/m1/s1. The van der Waals surface area contributed by atoms with Crippen molar-refractivity contribution in [2.24, 2.45) is 0 Å². The molecule has 0 amide bonds. The molecule has 0 spiro atoms. The largest absolute Gasteiger partial charge is 0.394 e. The minimum atomic E-state index is -1.36. The van der Waals surface area contributed by atoms with Gasteiger partial charge >= 0.3 is 0 Å². The number of nitrogen functional groups attached to an aromatic ring is 1. The van der Waals surface area contributed by atoms with Gasteiger partial charge in [0.1, 0.15) is 24.1 Å². The third-order valence-corrected chi connectivity index (χ3v) is 4.96. The van der Waals surface area contributed by atoms with E-state index in [1.54, 1.807) is 0 Å². The van der Waals surface area contributed by atoms with Crippen molar-refractivity contribution in [3.8, 4) is 11.4 Å². The number of H-pyrrole nitrogens is 1. The van der Waals surface area contributed by atoms with Crippen molar-refractivity contribution in [1.82, 2.24) is 19.5 Å². The van der Waals surface area contributed by atoms with Crippen LogP contribution in [0.25, 0.3) is 22.6 Å². The van der Waals surface area contributed by atoms with Crippen LogP contribution in [0.15, 0.2) is 29.1 Å². The fraction of sp³-hybridized carbons (Fsp3) is 0.389. The van der Waals surface area contributed by atoms with Gasteiger partial charge in [0.25, 0.3) is 5.56 Å². The minimum absolute atomic E-state index is 0.0292. The van der Waals surface area contributed by atoms with E-state index in [9.17, 15) is 20.1 Å². The molecule has 0 unspecified atom stereocenters. The first kappa shape index (κ1) is 18.6. The number of aromatic amines is 1. The van der Waals surface area contributed by atoms with Gasteiger partial charge in [-0.2, -0.15) is 4.98 Å². The van der Waals surface area contributed by atoms with Crippen molar-refractivity contribution >= 4 is 17.1 Å². The highest BCUT2D eigenvalue weighted by Gasteiger charge is 2.45. The van der Waals surface area contributed by atoms with Gasteiger partial charge in [-0.3, -0.25) is 14.3 Å². The second-order valence-electron chi connectivity index (χ2n) is 6.71. The summed E-state index contributed by atoms with van der Waals surface area (Å²) in [4.78, 5) is 23.3. The number of aromatic nitrogens is 4. The van der Waals surface area contributed by atoms with Gasteiger partial charge in [0.2, 0.25) is 5.95 Å². The fourth-order valence-corrected chi connectivity index (χ4v) is 3.43. The molecular weight excluding hydrogens is 366 g/mol. The number of aliphatic hydroxyl groups excluding tert-OH is 3. The molecule has 0 aliphatic carbocycles. The van der Waals surface area contributed by atoms with Gasteiger partial charge in [-0.05, 0) is 12.0 Å². The van der Waals surface area contributed by atoms with Gasteiger partial charge in [0, 0.05) is 5.56 Å².